The normalized spacial score (nSPS) is 14.6. The van der Waals surface area contributed by atoms with Gasteiger partial charge in [0.15, 0.2) is 0 Å². The monoisotopic (exact) mass is 329 g/mol. The van der Waals surface area contributed by atoms with Gasteiger partial charge in [0.1, 0.15) is 0 Å². The zero-order valence-electron chi connectivity index (χ0n) is 11.2. The second kappa shape index (κ2) is 5.87. The molecule has 0 fully saturated rings. The predicted molar refractivity (Wildman–Crippen MR) is 88.6 cm³/mol. The number of rotatable bonds is 1. The Labute approximate surface area is 136 Å². The lowest BCUT2D eigenvalue weighted by Gasteiger charge is -2.05. The van der Waals surface area contributed by atoms with E-state index >= 15 is 0 Å². The third-order valence-electron chi connectivity index (χ3n) is 3.21. The molecule has 0 radical (unpaired) electrons. The molecule has 0 spiro atoms. The molecule has 2 aromatic carbocycles. The number of amides is 1. The minimum atomic E-state index is -0.472. The molecule has 0 unspecified atom stereocenters. The number of ketones is 1. The summed E-state index contributed by atoms with van der Waals surface area (Å²) in [6.45, 7) is 0. The Bertz CT molecular complexity index is 870. The molecule has 0 aromatic heterocycles. The summed E-state index contributed by atoms with van der Waals surface area (Å²) >= 11 is 11.5. The molecule has 0 atom stereocenters. The molecule has 108 valence electrons. The number of nitrogens with zero attached hydrogens (tertiary/aromatic N) is 1. The highest BCUT2D eigenvalue weighted by Gasteiger charge is 2.18. The van der Waals surface area contributed by atoms with Crippen LogP contribution in [0.3, 0.4) is 0 Å². The van der Waals surface area contributed by atoms with E-state index in [1.807, 2.05) is 30.3 Å². The molecule has 0 heterocycles. The first-order valence-corrected chi connectivity index (χ1v) is 7.21. The minimum Gasteiger partial charge on any atom is -0.287 e. The van der Waals surface area contributed by atoms with Gasteiger partial charge in [-0.25, -0.2) is 4.99 Å². The fraction of sp³-hybridized carbons (Fsp3) is 0. The first kappa shape index (κ1) is 14.7. The summed E-state index contributed by atoms with van der Waals surface area (Å²) < 4.78 is 0. The van der Waals surface area contributed by atoms with Gasteiger partial charge in [-0.3, -0.25) is 9.59 Å². The maximum Gasteiger partial charge on any atom is 0.277 e. The fourth-order valence-electron chi connectivity index (χ4n) is 2.12. The number of aliphatic imine (C=N–C) groups is 1. The third kappa shape index (κ3) is 2.86. The number of hydrogen-bond donors (Lipinski definition) is 0. The Kier molecular flexibility index (Phi) is 3.92. The second-order valence-corrected chi connectivity index (χ2v) is 5.53. The number of hydrogen-bond acceptors (Lipinski definition) is 2. The van der Waals surface area contributed by atoms with Crippen molar-refractivity contribution in [2.45, 2.75) is 0 Å². The number of carbonyl (C=O) groups excluding carboxylic acids is 2. The number of benzene rings is 2. The molecule has 2 aromatic rings. The molecule has 3 rings (SSSR count). The van der Waals surface area contributed by atoms with Crippen molar-refractivity contribution in [3.05, 3.63) is 70.2 Å². The molecule has 1 aliphatic carbocycles. The number of carbonyl (C=O) groups is 2. The van der Waals surface area contributed by atoms with Crippen molar-refractivity contribution in [2.24, 2.45) is 4.99 Å². The summed E-state index contributed by atoms with van der Waals surface area (Å²) in [7, 11) is 0. The van der Waals surface area contributed by atoms with Crippen LogP contribution in [0.5, 0.6) is 0 Å². The Balaban J connectivity index is 1.96. The van der Waals surface area contributed by atoms with E-state index in [0.717, 1.165) is 10.8 Å². The summed E-state index contributed by atoms with van der Waals surface area (Å²) in [5.74, 6) is -0.892. The molecule has 0 bridgehead atoms. The van der Waals surface area contributed by atoms with Gasteiger partial charge in [0.2, 0.25) is 5.78 Å². The number of halogens is 2. The largest absolute Gasteiger partial charge is 0.287 e. The van der Waals surface area contributed by atoms with Gasteiger partial charge < -0.3 is 0 Å². The van der Waals surface area contributed by atoms with E-state index in [4.69, 9.17) is 23.2 Å². The van der Waals surface area contributed by atoms with Gasteiger partial charge in [0.25, 0.3) is 5.91 Å². The molecule has 0 aliphatic heterocycles. The quantitative estimate of drug-likeness (QED) is 0.734. The average molecular weight is 330 g/mol. The van der Waals surface area contributed by atoms with Crippen molar-refractivity contribution in [3.63, 3.8) is 0 Å². The molecule has 1 amide bonds. The lowest BCUT2D eigenvalue weighted by atomic mass is 10.1. The molecule has 1 aliphatic rings. The second-order valence-electron chi connectivity index (χ2n) is 4.72. The highest BCUT2D eigenvalue weighted by Crippen LogP contribution is 2.20. The Hall–Kier alpha value is -2.23. The summed E-state index contributed by atoms with van der Waals surface area (Å²) in [6, 6.07) is 13.1. The summed E-state index contributed by atoms with van der Waals surface area (Å²) in [5.41, 5.74) is 0.713. The highest BCUT2D eigenvalue weighted by molar-refractivity contribution is 6.57. The zero-order valence-corrected chi connectivity index (χ0v) is 12.7. The first-order chi connectivity index (χ1) is 10.5. The van der Waals surface area contributed by atoms with E-state index in [9.17, 15) is 9.59 Å². The standard InChI is InChI=1S/C17H9Cl2NO2/c18-14-8-13(9-15(19)16(14)21)20-17(22)12-6-5-10-3-1-2-4-11(10)7-12/h1-9H. The predicted octanol–water partition coefficient (Wildman–Crippen LogP) is 4.25. The van der Waals surface area contributed by atoms with Crippen molar-refractivity contribution >= 4 is 51.4 Å². The van der Waals surface area contributed by atoms with E-state index < -0.39 is 11.7 Å². The molecule has 0 saturated carbocycles. The summed E-state index contributed by atoms with van der Waals surface area (Å²) in [6.07, 6.45) is 2.66. The maximum atomic E-state index is 12.2. The highest BCUT2D eigenvalue weighted by atomic mass is 35.5. The van der Waals surface area contributed by atoms with Crippen LogP contribution in [0, 0.1) is 0 Å². The zero-order chi connectivity index (χ0) is 15.7. The van der Waals surface area contributed by atoms with Crippen LogP contribution in [0.4, 0.5) is 0 Å². The van der Waals surface area contributed by atoms with E-state index in [-0.39, 0.29) is 15.8 Å². The van der Waals surface area contributed by atoms with Crippen LogP contribution in [-0.2, 0) is 4.79 Å². The lowest BCUT2D eigenvalue weighted by molar-refractivity contribution is -0.111. The molecule has 0 saturated heterocycles. The van der Waals surface area contributed by atoms with E-state index in [2.05, 4.69) is 4.99 Å². The first-order valence-electron chi connectivity index (χ1n) is 6.45. The van der Waals surface area contributed by atoms with Crippen molar-refractivity contribution in [1.82, 2.24) is 0 Å². The number of allylic oxidation sites excluding steroid dienone is 4. The van der Waals surface area contributed by atoms with E-state index in [1.54, 1.807) is 12.1 Å². The molecule has 5 heteroatoms. The van der Waals surface area contributed by atoms with Gasteiger partial charge in [0.05, 0.1) is 15.8 Å². The van der Waals surface area contributed by atoms with E-state index in [1.165, 1.54) is 12.2 Å². The van der Waals surface area contributed by atoms with Crippen LogP contribution in [0.2, 0.25) is 0 Å². The fourth-order valence-corrected chi connectivity index (χ4v) is 2.59. The smallest absolute Gasteiger partial charge is 0.277 e. The van der Waals surface area contributed by atoms with Crippen LogP contribution in [0.25, 0.3) is 10.8 Å². The Morgan fingerprint density at radius 2 is 1.55 bits per heavy atom. The summed E-state index contributed by atoms with van der Waals surface area (Å²) in [5, 5.41) is 1.88. The van der Waals surface area contributed by atoms with Crippen LogP contribution in [0.1, 0.15) is 10.4 Å². The van der Waals surface area contributed by atoms with Crippen LogP contribution >= 0.6 is 23.2 Å². The van der Waals surface area contributed by atoms with Crippen molar-refractivity contribution in [2.75, 3.05) is 0 Å². The molecule has 22 heavy (non-hydrogen) atoms. The van der Waals surface area contributed by atoms with Crippen LogP contribution in [0.15, 0.2) is 69.7 Å². The molecular weight excluding hydrogens is 321 g/mol. The molecule has 3 nitrogen and oxygen atoms in total. The van der Waals surface area contributed by atoms with Gasteiger partial charge >= 0.3 is 0 Å². The Morgan fingerprint density at radius 3 is 2.23 bits per heavy atom. The number of fused-ring (bicyclic) bond motifs is 1. The van der Waals surface area contributed by atoms with Gasteiger partial charge in [0, 0.05) is 5.56 Å². The average Bonchev–Trinajstić information content (AvgIpc) is 2.52. The van der Waals surface area contributed by atoms with Crippen molar-refractivity contribution < 1.29 is 9.59 Å². The van der Waals surface area contributed by atoms with E-state index in [0.29, 0.717) is 5.56 Å². The number of Topliss-reactive ketones (excluding diaryl/α,β-unsaturated/α-hetero) is 1. The van der Waals surface area contributed by atoms with Gasteiger partial charge in [-0.1, -0.05) is 53.5 Å². The Morgan fingerprint density at radius 1 is 0.909 bits per heavy atom. The van der Waals surface area contributed by atoms with Gasteiger partial charge in [-0.2, -0.15) is 0 Å². The topological polar surface area (TPSA) is 46.5 Å². The van der Waals surface area contributed by atoms with Gasteiger partial charge in [-0.05, 0) is 35.1 Å². The maximum absolute atomic E-state index is 12.2. The molecular formula is C17H9Cl2NO2. The van der Waals surface area contributed by atoms with Crippen LogP contribution in [-0.4, -0.2) is 17.4 Å². The molecule has 0 N–H and O–H groups in total. The van der Waals surface area contributed by atoms with Crippen LogP contribution < -0.4 is 0 Å². The van der Waals surface area contributed by atoms with Crippen molar-refractivity contribution in [3.8, 4) is 0 Å². The SMILES string of the molecule is O=C1C(Cl)=CC(=NC(=O)c2ccc3ccccc3c2)C=C1Cl. The third-order valence-corrected chi connectivity index (χ3v) is 3.77. The minimum absolute atomic E-state index is 0.0578. The van der Waals surface area contributed by atoms with Gasteiger partial charge in [-0.15, -0.1) is 0 Å². The summed E-state index contributed by atoms with van der Waals surface area (Å²) in [4.78, 5) is 27.6. The van der Waals surface area contributed by atoms with Crippen molar-refractivity contribution in [1.29, 1.82) is 0 Å². The lowest BCUT2D eigenvalue weighted by Crippen LogP contribution is -2.09.